The van der Waals surface area contributed by atoms with Gasteiger partial charge in [0.15, 0.2) is 0 Å². The fourth-order valence-electron chi connectivity index (χ4n) is 3.44. The largest absolute Gasteiger partial charge is 0.352 e. The van der Waals surface area contributed by atoms with Crippen LogP contribution in [0.1, 0.15) is 42.9 Å². The Hall–Kier alpha value is -2.20. The molecular formula is C23H29FN2O. The predicted octanol–water partition coefficient (Wildman–Crippen LogP) is 4.31. The molecule has 2 aromatic carbocycles. The number of nitrogens with one attached hydrogen (secondary N) is 1. The van der Waals surface area contributed by atoms with Crippen LogP contribution in [-0.4, -0.2) is 23.9 Å². The first kappa shape index (κ1) is 19.6. The molecule has 3 rings (SSSR count). The molecule has 1 saturated heterocycles. The second-order valence-corrected chi connectivity index (χ2v) is 7.68. The zero-order valence-corrected chi connectivity index (χ0v) is 16.1. The van der Waals surface area contributed by atoms with Crippen LogP contribution in [0.2, 0.25) is 0 Å². The number of likely N-dealkylation sites (tertiary alicyclic amines) is 1. The molecule has 1 N–H and O–H groups in total. The highest BCUT2D eigenvalue weighted by molar-refractivity contribution is 5.76. The lowest BCUT2D eigenvalue weighted by Gasteiger charge is -2.30. The van der Waals surface area contributed by atoms with Gasteiger partial charge in [-0.1, -0.05) is 43.3 Å². The number of carbonyl (C=O) groups excluding carboxylic acids is 1. The molecule has 0 aliphatic carbocycles. The van der Waals surface area contributed by atoms with E-state index in [0.717, 1.165) is 23.6 Å². The second-order valence-electron chi connectivity index (χ2n) is 7.68. The molecule has 0 unspecified atom stereocenters. The molecule has 0 spiro atoms. The van der Waals surface area contributed by atoms with Crippen molar-refractivity contribution in [2.24, 2.45) is 5.92 Å². The Morgan fingerprint density at radius 2 is 1.59 bits per heavy atom. The van der Waals surface area contributed by atoms with Crippen molar-refractivity contribution < 1.29 is 9.18 Å². The van der Waals surface area contributed by atoms with Gasteiger partial charge in [0.1, 0.15) is 5.82 Å². The van der Waals surface area contributed by atoms with Gasteiger partial charge in [0.25, 0.3) is 0 Å². The van der Waals surface area contributed by atoms with Gasteiger partial charge in [-0.25, -0.2) is 4.39 Å². The maximum absolute atomic E-state index is 12.9. The third kappa shape index (κ3) is 6.47. The number of benzene rings is 2. The smallest absolute Gasteiger partial charge is 0.220 e. The molecule has 0 atom stereocenters. The van der Waals surface area contributed by atoms with Crippen molar-refractivity contribution in [2.75, 3.05) is 13.1 Å². The second kappa shape index (κ2) is 9.65. The monoisotopic (exact) mass is 368 g/mol. The number of halogens is 1. The SMILES string of the molecule is CC1CCN(Cc2ccc(CNC(=O)CCc3ccc(F)cc3)cc2)CC1. The maximum Gasteiger partial charge on any atom is 0.220 e. The van der Waals surface area contributed by atoms with Gasteiger partial charge in [0.05, 0.1) is 0 Å². The third-order valence-electron chi connectivity index (χ3n) is 5.35. The lowest BCUT2D eigenvalue weighted by molar-refractivity contribution is -0.121. The first-order chi connectivity index (χ1) is 13.1. The van der Waals surface area contributed by atoms with Gasteiger partial charge in [-0.15, -0.1) is 0 Å². The first-order valence-corrected chi connectivity index (χ1v) is 9.90. The molecular weight excluding hydrogens is 339 g/mol. The summed E-state index contributed by atoms with van der Waals surface area (Å²) >= 11 is 0. The quantitative estimate of drug-likeness (QED) is 0.790. The van der Waals surface area contributed by atoms with Crippen LogP contribution in [0, 0.1) is 11.7 Å². The molecule has 0 radical (unpaired) electrons. The average molecular weight is 368 g/mol. The summed E-state index contributed by atoms with van der Waals surface area (Å²) in [6.45, 7) is 6.26. The molecule has 0 aromatic heterocycles. The van der Waals surface area contributed by atoms with Crippen molar-refractivity contribution in [3.63, 3.8) is 0 Å². The lowest BCUT2D eigenvalue weighted by atomic mass is 9.99. The van der Waals surface area contributed by atoms with E-state index in [4.69, 9.17) is 0 Å². The van der Waals surface area contributed by atoms with Crippen LogP contribution in [0.15, 0.2) is 48.5 Å². The summed E-state index contributed by atoms with van der Waals surface area (Å²) < 4.78 is 12.9. The minimum Gasteiger partial charge on any atom is -0.352 e. The number of carbonyl (C=O) groups is 1. The Kier molecular flexibility index (Phi) is 6.99. The van der Waals surface area contributed by atoms with Crippen molar-refractivity contribution in [1.82, 2.24) is 10.2 Å². The normalized spacial score (nSPS) is 15.6. The summed E-state index contributed by atoms with van der Waals surface area (Å²) in [7, 11) is 0. The molecule has 3 nitrogen and oxygen atoms in total. The Morgan fingerprint density at radius 3 is 2.26 bits per heavy atom. The molecule has 4 heteroatoms. The average Bonchev–Trinajstić information content (AvgIpc) is 2.69. The van der Waals surface area contributed by atoms with Crippen molar-refractivity contribution in [3.8, 4) is 0 Å². The summed E-state index contributed by atoms with van der Waals surface area (Å²) in [5, 5.41) is 2.96. The van der Waals surface area contributed by atoms with Gasteiger partial charge in [-0.05, 0) is 67.1 Å². The third-order valence-corrected chi connectivity index (χ3v) is 5.35. The van der Waals surface area contributed by atoms with E-state index >= 15 is 0 Å². The highest BCUT2D eigenvalue weighted by atomic mass is 19.1. The van der Waals surface area contributed by atoms with Crippen molar-refractivity contribution in [1.29, 1.82) is 0 Å². The highest BCUT2D eigenvalue weighted by Gasteiger charge is 2.15. The Balaban J connectivity index is 1.39. The van der Waals surface area contributed by atoms with Gasteiger partial charge < -0.3 is 5.32 Å². The maximum atomic E-state index is 12.9. The molecule has 2 aromatic rings. The number of nitrogens with zero attached hydrogens (tertiary/aromatic N) is 1. The molecule has 27 heavy (non-hydrogen) atoms. The number of hydrogen-bond acceptors (Lipinski definition) is 2. The van der Waals surface area contributed by atoms with Crippen LogP contribution >= 0.6 is 0 Å². The summed E-state index contributed by atoms with van der Waals surface area (Å²) in [4.78, 5) is 14.5. The molecule has 1 heterocycles. The van der Waals surface area contributed by atoms with Crippen molar-refractivity contribution in [2.45, 2.75) is 45.7 Å². The minimum absolute atomic E-state index is 0.0193. The summed E-state index contributed by atoms with van der Waals surface area (Å²) in [5.41, 5.74) is 3.42. The number of hydrogen-bond donors (Lipinski definition) is 1. The van der Waals surface area contributed by atoms with Crippen LogP contribution in [0.25, 0.3) is 0 Å². The van der Waals surface area contributed by atoms with Crippen molar-refractivity contribution >= 4 is 5.91 Å². The number of piperidine rings is 1. The van der Waals surface area contributed by atoms with E-state index in [1.54, 1.807) is 12.1 Å². The van der Waals surface area contributed by atoms with E-state index in [9.17, 15) is 9.18 Å². The van der Waals surface area contributed by atoms with Crippen LogP contribution in [0.4, 0.5) is 4.39 Å². The standard InChI is InChI=1S/C23H29FN2O/c1-18-12-14-26(15-13-18)17-21-4-2-20(3-5-21)16-25-23(27)11-8-19-6-9-22(24)10-7-19/h2-7,9-10,18H,8,11-17H2,1H3,(H,25,27). The lowest BCUT2D eigenvalue weighted by Crippen LogP contribution is -2.32. The summed E-state index contributed by atoms with van der Waals surface area (Å²) in [6, 6.07) is 14.8. The zero-order chi connectivity index (χ0) is 19.1. The first-order valence-electron chi connectivity index (χ1n) is 9.90. The fourth-order valence-corrected chi connectivity index (χ4v) is 3.44. The van der Waals surface area contributed by atoms with Crippen LogP contribution in [-0.2, 0) is 24.3 Å². The van der Waals surface area contributed by atoms with E-state index in [-0.39, 0.29) is 11.7 Å². The summed E-state index contributed by atoms with van der Waals surface area (Å²) in [5.74, 6) is 0.627. The Morgan fingerprint density at radius 1 is 1.00 bits per heavy atom. The van der Waals surface area contributed by atoms with Crippen molar-refractivity contribution in [3.05, 3.63) is 71.0 Å². The van der Waals surface area contributed by atoms with Gasteiger partial charge >= 0.3 is 0 Å². The molecule has 144 valence electrons. The highest BCUT2D eigenvalue weighted by Crippen LogP contribution is 2.18. The Bertz CT molecular complexity index is 719. The number of amides is 1. The predicted molar refractivity (Wildman–Crippen MR) is 107 cm³/mol. The van der Waals surface area contributed by atoms with E-state index in [0.29, 0.717) is 19.4 Å². The topological polar surface area (TPSA) is 32.3 Å². The molecule has 1 fully saturated rings. The van der Waals surface area contributed by atoms with Gasteiger partial charge in [-0.2, -0.15) is 0 Å². The van der Waals surface area contributed by atoms with Gasteiger partial charge in [0, 0.05) is 19.5 Å². The molecule has 0 bridgehead atoms. The van der Waals surface area contributed by atoms with Crippen LogP contribution < -0.4 is 5.32 Å². The summed E-state index contributed by atoms with van der Waals surface area (Å²) in [6.07, 6.45) is 3.63. The molecule has 1 aliphatic rings. The van der Waals surface area contributed by atoms with Gasteiger partial charge in [-0.3, -0.25) is 9.69 Å². The molecule has 0 saturated carbocycles. The van der Waals surface area contributed by atoms with Crippen LogP contribution in [0.3, 0.4) is 0 Å². The van der Waals surface area contributed by atoms with E-state index in [1.807, 2.05) is 0 Å². The van der Waals surface area contributed by atoms with E-state index < -0.39 is 0 Å². The fraction of sp³-hybridized carbons (Fsp3) is 0.435. The van der Waals surface area contributed by atoms with E-state index in [2.05, 4.69) is 41.4 Å². The van der Waals surface area contributed by atoms with Crippen LogP contribution in [0.5, 0.6) is 0 Å². The zero-order valence-electron chi connectivity index (χ0n) is 16.1. The Labute approximate surface area is 161 Å². The number of aryl methyl sites for hydroxylation is 1. The van der Waals surface area contributed by atoms with E-state index in [1.165, 1.54) is 43.6 Å². The number of rotatable bonds is 7. The minimum atomic E-state index is -0.249. The molecule has 1 aliphatic heterocycles. The van der Waals surface area contributed by atoms with Gasteiger partial charge in [0.2, 0.25) is 5.91 Å². The molecule has 1 amide bonds.